The van der Waals surface area contributed by atoms with Crippen LogP contribution in [0.2, 0.25) is 0 Å². The molecule has 124 valence electrons. The highest BCUT2D eigenvalue weighted by Gasteiger charge is 2.12. The number of urea groups is 1. The van der Waals surface area contributed by atoms with Gasteiger partial charge in [0, 0.05) is 28.3 Å². The van der Waals surface area contributed by atoms with E-state index < -0.39 is 16.9 Å². The number of hydrogen-bond acceptors (Lipinski definition) is 5. The summed E-state index contributed by atoms with van der Waals surface area (Å²) in [6, 6.07) is 11.7. The lowest BCUT2D eigenvalue weighted by molar-refractivity contribution is -0.384. The van der Waals surface area contributed by atoms with Gasteiger partial charge in [0.25, 0.3) is 11.6 Å². The molecule has 0 aliphatic rings. The Labute approximate surface area is 141 Å². The third-order valence-corrected chi connectivity index (χ3v) is 3.70. The molecule has 8 nitrogen and oxygen atoms in total. The second-order valence-electron chi connectivity index (χ2n) is 4.57. The topological polar surface area (TPSA) is 113 Å². The van der Waals surface area contributed by atoms with Crippen LogP contribution in [-0.4, -0.2) is 23.1 Å². The van der Waals surface area contributed by atoms with Crippen LogP contribution in [-0.2, 0) is 0 Å². The Bertz CT molecular complexity index is 764. The quantitative estimate of drug-likeness (QED) is 0.447. The zero-order valence-corrected chi connectivity index (χ0v) is 13.4. The molecule has 0 saturated heterocycles. The molecule has 0 fully saturated rings. The molecule has 9 heteroatoms. The lowest BCUT2D eigenvalue weighted by atomic mass is 10.2. The number of hydrazine groups is 1. The van der Waals surface area contributed by atoms with Crippen molar-refractivity contribution < 1.29 is 14.5 Å². The minimum absolute atomic E-state index is 0.0637. The lowest BCUT2D eigenvalue weighted by Gasteiger charge is -2.09. The molecule has 0 heterocycles. The fourth-order valence-corrected chi connectivity index (χ4v) is 2.19. The van der Waals surface area contributed by atoms with Crippen molar-refractivity contribution in [3.8, 4) is 0 Å². The third kappa shape index (κ3) is 4.71. The molecule has 3 amide bonds. The zero-order valence-electron chi connectivity index (χ0n) is 12.6. The van der Waals surface area contributed by atoms with Gasteiger partial charge >= 0.3 is 6.03 Å². The zero-order chi connectivity index (χ0) is 17.5. The number of hydrogen-bond donors (Lipinski definition) is 3. The van der Waals surface area contributed by atoms with Crippen molar-refractivity contribution in [1.82, 2.24) is 10.9 Å². The average molecular weight is 346 g/mol. The van der Waals surface area contributed by atoms with Crippen LogP contribution in [0.25, 0.3) is 0 Å². The van der Waals surface area contributed by atoms with Gasteiger partial charge in [-0.25, -0.2) is 10.2 Å². The summed E-state index contributed by atoms with van der Waals surface area (Å²) in [5.74, 6) is -0.661. The van der Waals surface area contributed by atoms with Crippen molar-refractivity contribution in [2.75, 3.05) is 11.6 Å². The SMILES string of the molecule is CSc1ccc(NC(=O)NNC(=O)c2cccc([N+](=O)[O-])c2)cc1. The maximum atomic E-state index is 11.9. The van der Waals surface area contributed by atoms with Crippen LogP contribution >= 0.6 is 11.8 Å². The van der Waals surface area contributed by atoms with Crippen LogP contribution in [0, 0.1) is 10.1 Å². The number of nitro benzene ring substituents is 1. The smallest absolute Gasteiger partial charge is 0.307 e. The Morgan fingerprint density at radius 2 is 1.79 bits per heavy atom. The van der Waals surface area contributed by atoms with E-state index in [1.807, 2.05) is 18.4 Å². The molecule has 2 rings (SSSR count). The second kappa shape index (κ2) is 7.97. The Morgan fingerprint density at radius 3 is 2.42 bits per heavy atom. The Hall–Kier alpha value is -3.07. The summed E-state index contributed by atoms with van der Waals surface area (Å²) in [5, 5.41) is 13.2. The summed E-state index contributed by atoms with van der Waals surface area (Å²) in [4.78, 5) is 34.7. The lowest BCUT2D eigenvalue weighted by Crippen LogP contribution is -2.43. The van der Waals surface area contributed by atoms with Crippen molar-refractivity contribution in [2.45, 2.75) is 4.90 Å². The van der Waals surface area contributed by atoms with Crippen LogP contribution in [0.1, 0.15) is 10.4 Å². The number of nitro groups is 1. The van der Waals surface area contributed by atoms with Crippen LogP contribution in [0.5, 0.6) is 0 Å². The van der Waals surface area contributed by atoms with Crippen molar-refractivity contribution in [2.24, 2.45) is 0 Å². The second-order valence-corrected chi connectivity index (χ2v) is 5.45. The van der Waals surface area contributed by atoms with E-state index in [1.54, 1.807) is 23.9 Å². The first-order valence-corrected chi connectivity index (χ1v) is 7.98. The predicted molar refractivity (Wildman–Crippen MR) is 90.9 cm³/mol. The van der Waals surface area contributed by atoms with Gasteiger partial charge in [-0.15, -0.1) is 11.8 Å². The summed E-state index contributed by atoms with van der Waals surface area (Å²) in [7, 11) is 0. The number of nitrogens with zero attached hydrogens (tertiary/aromatic N) is 1. The van der Waals surface area contributed by atoms with Gasteiger partial charge in [-0.3, -0.25) is 20.3 Å². The van der Waals surface area contributed by atoms with Crippen LogP contribution in [0.15, 0.2) is 53.4 Å². The maximum absolute atomic E-state index is 11.9. The monoisotopic (exact) mass is 346 g/mol. The number of nitrogens with one attached hydrogen (secondary N) is 3. The first-order valence-electron chi connectivity index (χ1n) is 6.75. The normalized spacial score (nSPS) is 9.88. The molecule has 0 aliphatic carbocycles. The molecule has 0 atom stereocenters. The fraction of sp³-hybridized carbons (Fsp3) is 0.0667. The fourth-order valence-electron chi connectivity index (χ4n) is 1.78. The van der Waals surface area contributed by atoms with Gasteiger partial charge in [-0.1, -0.05) is 6.07 Å². The average Bonchev–Trinajstić information content (AvgIpc) is 2.60. The van der Waals surface area contributed by atoms with Crippen LogP contribution in [0.4, 0.5) is 16.2 Å². The molecular weight excluding hydrogens is 332 g/mol. The number of non-ortho nitro benzene ring substituents is 1. The van der Waals surface area contributed by atoms with E-state index in [0.29, 0.717) is 5.69 Å². The molecule has 0 bridgehead atoms. The van der Waals surface area contributed by atoms with E-state index in [0.717, 1.165) is 11.0 Å². The van der Waals surface area contributed by atoms with E-state index >= 15 is 0 Å². The first-order chi connectivity index (χ1) is 11.5. The minimum atomic E-state index is -0.661. The molecule has 2 aromatic rings. The van der Waals surface area contributed by atoms with E-state index in [1.165, 1.54) is 18.2 Å². The molecule has 3 N–H and O–H groups in total. The van der Waals surface area contributed by atoms with Gasteiger partial charge in [0.05, 0.1) is 4.92 Å². The number of carbonyl (C=O) groups is 2. The van der Waals surface area contributed by atoms with Crippen molar-refractivity contribution in [1.29, 1.82) is 0 Å². The summed E-state index contributed by atoms with van der Waals surface area (Å²) in [5.41, 5.74) is 4.78. The van der Waals surface area contributed by atoms with Gasteiger partial charge < -0.3 is 5.32 Å². The van der Waals surface area contributed by atoms with Crippen molar-refractivity contribution >= 4 is 35.1 Å². The van der Waals surface area contributed by atoms with E-state index in [9.17, 15) is 19.7 Å². The molecular formula is C15H14N4O4S. The van der Waals surface area contributed by atoms with Crippen LogP contribution in [0.3, 0.4) is 0 Å². The number of carbonyl (C=O) groups excluding carboxylic acids is 2. The van der Waals surface area contributed by atoms with Gasteiger partial charge in [0.1, 0.15) is 0 Å². The van der Waals surface area contributed by atoms with Gasteiger partial charge in [-0.05, 0) is 36.6 Å². The van der Waals surface area contributed by atoms with E-state index in [4.69, 9.17) is 0 Å². The maximum Gasteiger partial charge on any atom is 0.337 e. The number of benzene rings is 2. The Balaban J connectivity index is 1.89. The van der Waals surface area contributed by atoms with Crippen molar-refractivity contribution in [3.05, 3.63) is 64.2 Å². The summed E-state index contributed by atoms with van der Waals surface area (Å²) in [6.45, 7) is 0. The molecule has 0 radical (unpaired) electrons. The van der Waals surface area contributed by atoms with Gasteiger partial charge in [0.15, 0.2) is 0 Å². The number of rotatable bonds is 4. The molecule has 24 heavy (non-hydrogen) atoms. The molecule has 0 spiro atoms. The Morgan fingerprint density at radius 1 is 1.08 bits per heavy atom. The molecule has 0 saturated carbocycles. The molecule has 0 aromatic heterocycles. The highest BCUT2D eigenvalue weighted by Crippen LogP contribution is 2.17. The third-order valence-electron chi connectivity index (χ3n) is 2.96. The molecule has 0 unspecified atom stereocenters. The number of amides is 3. The predicted octanol–water partition coefficient (Wildman–Crippen LogP) is 2.78. The summed E-state index contributed by atoms with van der Waals surface area (Å²) < 4.78 is 0. The molecule has 2 aromatic carbocycles. The standard InChI is InChI=1S/C15H14N4O4S/c1-24-13-7-5-11(6-8-13)16-15(21)18-17-14(20)10-3-2-4-12(9-10)19(22)23/h2-9H,1H3,(H,17,20)(H2,16,18,21). The number of thioether (sulfide) groups is 1. The minimum Gasteiger partial charge on any atom is -0.307 e. The summed E-state index contributed by atoms with van der Waals surface area (Å²) in [6.07, 6.45) is 1.94. The highest BCUT2D eigenvalue weighted by atomic mass is 32.2. The molecule has 0 aliphatic heterocycles. The number of anilines is 1. The van der Waals surface area contributed by atoms with E-state index in [-0.39, 0.29) is 11.3 Å². The summed E-state index contributed by atoms with van der Waals surface area (Å²) >= 11 is 1.58. The van der Waals surface area contributed by atoms with Crippen LogP contribution < -0.4 is 16.2 Å². The van der Waals surface area contributed by atoms with Crippen molar-refractivity contribution in [3.63, 3.8) is 0 Å². The van der Waals surface area contributed by atoms with Gasteiger partial charge in [0.2, 0.25) is 0 Å². The largest absolute Gasteiger partial charge is 0.337 e. The first kappa shape index (κ1) is 17.3. The van der Waals surface area contributed by atoms with E-state index in [2.05, 4.69) is 16.2 Å². The highest BCUT2D eigenvalue weighted by molar-refractivity contribution is 7.98. The van der Waals surface area contributed by atoms with Gasteiger partial charge in [-0.2, -0.15) is 0 Å². The Kier molecular flexibility index (Phi) is 5.74.